The molecule has 6 heteroatoms. The van der Waals surface area contributed by atoms with Gasteiger partial charge in [-0.2, -0.15) is 0 Å². The molecule has 3 rings (SSSR count). The number of aliphatic carboxylic acids is 1. The van der Waals surface area contributed by atoms with Gasteiger partial charge >= 0.3 is 5.97 Å². The average molecular weight is 312 g/mol. The standard InChI is InChI=1S/C15H15ClFNO3/c16-9-3-4-11(10(17)6-9)18-14(19)12-7-1-2-8(5-7)13(12)15(20)21/h3-4,6-8,12-13H,1-2,5H2,(H,18,19)(H,20,21)/t7-,8+,12-,13-/m0/s1. The Bertz CT molecular complexity index is 607. The number of anilines is 1. The Hall–Kier alpha value is -1.62. The number of hydrogen-bond acceptors (Lipinski definition) is 2. The number of fused-ring (bicyclic) bond motifs is 2. The van der Waals surface area contributed by atoms with Crippen LogP contribution in [0.1, 0.15) is 19.3 Å². The summed E-state index contributed by atoms with van der Waals surface area (Å²) >= 11 is 5.67. The number of carboxylic acid groups (broad SMARTS) is 1. The lowest BCUT2D eigenvalue weighted by molar-refractivity contribution is -0.148. The molecule has 0 unspecified atom stereocenters. The minimum atomic E-state index is -0.932. The van der Waals surface area contributed by atoms with Gasteiger partial charge in [0.2, 0.25) is 5.91 Å². The van der Waals surface area contributed by atoms with Crippen LogP contribution in [-0.2, 0) is 9.59 Å². The topological polar surface area (TPSA) is 66.4 Å². The van der Waals surface area contributed by atoms with Crippen molar-refractivity contribution in [2.45, 2.75) is 19.3 Å². The molecule has 2 bridgehead atoms. The Morgan fingerprint density at radius 2 is 1.90 bits per heavy atom. The maximum absolute atomic E-state index is 13.7. The molecule has 1 aromatic rings. The number of halogens is 2. The van der Waals surface area contributed by atoms with E-state index in [1.807, 2.05) is 0 Å². The molecule has 1 amide bonds. The van der Waals surface area contributed by atoms with Crippen molar-refractivity contribution in [2.24, 2.45) is 23.7 Å². The fourth-order valence-electron chi connectivity index (χ4n) is 3.83. The van der Waals surface area contributed by atoms with Crippen LogP contribution in [0.3, 0.4) is 0 Å². The van der Waals surface area contributed by atoms with Gasteiger partial charge in [0.25, 0.3) is 0 Å². The van der Waals surface area contributed by atoms with Crippen molar-refractivity contribution in [1.29, 1.82) is 0 Å². The first-order valence-electron chi connectivity index (χ1n) is 6.96. The van der Waals surface area contributed by atoms with Crippen molar-refractivity contribution in [3.8, 4) is 0 Å². The number of rotatable bonds is 3. The van der Waals surface area contributed by atoms with Crippen molar-refractivity contribution >= 4 is 29.2 Å². The number of carbonyl (C=O) groups excluding carboxylic acids is 1. The first-order valence-corrected chi connectivity index (χ1v) is 7.34. The highest BCUT2D eigenvalue weighted by atomic mass is 35.5. The number of nitrogens with one attached hydrogen (secondary N) is 1. The van der Waals surface area contributed by atoms with Gasteiger partial charge in [-0.15, -0.1) is 0 Å². The second-order valence-electron chi connectivity index (χ2n) is 5.84. The van der Waals surface area contributed by atoms with Gasteiger partial charge in [-0.05, 0) is 49.3 Å². The summed E-state index contributed by atoms with van der Waals surface area (Å²) in [6.07, 6.45) is 2.51. The lowest BCUT2D eigenvalue weighted by atomic mass is 9.78. The van der Waals surface area contributed by atoms with E-state index in [4.69, 9.17) is 11.6 Å². The highest BCUT2D eigenvalue weighted by Gasteiger charge is 2.54. The summed E-state index contributed by atoms with van der Waals surface area (Å²) in [5.74, 6) is -3.03. The van der Waals surface area contributed by atoms with Gasteiger partial charge < -0.3 is 10.4 Å². The van der Waals surface area contributed by atoms with Crippen LogP contribution in [0.5, 0.6) is 0 Å². The van der Waals surface area contributed by atoms with Crippen LogP contribution in [0.25, 0.3) is 0 Å². The highest BCUT2D eigenvalue weighted by molar-refractivity contribution is 6.30. The van der Waals surface area contributed by atoms with E-state index in [9.17, 15) is 19.1 Å². The Balaban J connectivity index is 1.80. The summed E-state index contributed by atoms with van der Waals surface area (Å²) in [5.41, 5.74) is 0.0383. The lowest BCUT2D eigenvalue weighted by Gasteiger charge is -2.27. The summed E-state index contributed by atoms with van der Waals surface area (Å²) in [4.78, 5) is 23.8. The Morgan fingerprint density at radius 3 is 2.52 bits per heavy atom. The molecule has 4 nitrogen and oxygen atoms in total. The van der Waals surface area contributed by atoms with Crippen LogP contribution in [0.2, 0.25) is 5.02 Å². The number of carboxylic acids is 1. The van der Waals surface area contributed by atoms with E-state index < -0.39 is 29.5 Å². The molecule has 21 heavy (non-hydrogen) atoms. The van der Waals surface area contributed by atoms with Gasteiger partial charge in [0.15, 0.2) is 0 Å². The van der Waals surface area contributed by atoms with Crippen molar-refractivity contribution in [3.05, 3.63) is 29.0 Å². The molecule has 0 radical (unpaired) electrons. The third-order valence-electron chi connectivity index (χ3n) is 4.69. The third kappa shape index (κ3) is 2.50. The van der Waals surface area contributed by atoms with Gasteiger partial charge in [0.05, 0.1) is 17.5 Å². The van der Waals surface area contributed by atoms with Gasteiger partial charge in [-0.1, -0.05) is 11.6 Å². The van der Waals surface area contributed by atoms with E-state index in [0.717, 1.165) is 25.3 Å². The zero-order valence-corrected chi connectivity index (χ0v) is 11.9. The van der Waals surface area contributed by atoms with Gasteiger partial charge in [-0.3, -0.25) is 9.59 Å². The van der Waals surface area contributed by atoms with Gasteiger partial charge in [-0.25, -0.2) is 4.39 Å². The zero-order chi connectivity index (χ0) is 15.1. The van der Waals surface area contributed by atoms with E-state index in [2.05, 4.69) is 5.32 Å². The second kappa shape index (κ2) is 5.30. The normalized spacial score (nSPS) is 30.4. The predicted octanol–water partition coefficient (Wildman–Crippen LogP) is 3.16. The van der Waals surface area contributed by atoms with Crippen LogP contribution in [-0.4, -0.2) is 17.0 Å². The highest BCUT2D eigenvalue weighted by Crippen LogP contribution is 2.52. The second-order valence-corrected chi connectivity index (χ2v) is 6.27. The molecule has 1 aromatic carbocycles. The average Bonchev–Trinajstić information content (AvgIpc) is 3.02. The van der Waals surface area contributed by atoms with Crippen LogP contribution < -0.4 is 5.32 Å². The van der Waals surface area contributed by atoms with Crippen LogP contribution in [0.15, 0.2) is 18.2 Å². The summed E-state index contributed by atoms with van der Waals surface area (Å²) in [6, 6.07) is 3.99. The van der Waals surface area contributed by atoms with E-state index in [1.165, 1.54) is 12.1 Å². The fourth-order valence-corrected chi connectivity index (χ4v) is 3.99. The van der Waals surface area contributed by atoms with E-state index in [1.54, 1.807) is 0 Å². The maximum atomic E-state index is 13.7. The molecule has 2 saturated carbocycles. The number of benzene rings is 1. The monoisotopic (exact) mass is 311 g/mol. The summed E-state index contributed by atoms with van der Waals surface area (Å²) < 4.78 is 13.7. The van der Waals surface area contributed by atoms with Crippen molar-refractivity contribution in [3.63, 3.8) is 0 Å². The van der Waals surface area contributed by atoms with E-state index in [-0.39, 0.29) is 22.5 Å². The SMILES string of the molecule is O=C(O)[C@H]1[C@@H]2CC[C@@H](C2)[C@@H]1C(=O)Nc1ccc(Cl)cc1F. The Kier molecular flexibility index (Phi) is 3.61. The van der Waals surface area contributed by atoms with Crippen molar-refractivity contribution in [1.82, 2.24) is 0 Å². The molecule has 4 atom stereocenters. The molecule has 112 valence electrons. The van der Waals surface area contributed by atoms with Crippen LogP contribution >= 0.6 is 11.6 Å². The van der Waals surface area contributed by atoms with Gasteiger partial charge in [0.1, 0.15) is 5.82 Å². The molecule has 2 fully saturated rings. The number of hydrogen-bond donors (Lipinski definition) is 2. The van der Waals surface area contributed by atoms with Crippen LogP contribution in [0, 0.1) is 29.5 Å². The first kappa shape index (κ1) is 14.3. The summed E-state index contributed by atoms with van der Waals surface area (Å²) in [7, 11) is 0. The number of amides is 1. The van der Waals surface area contributed by atoms with E-state index >= 15 is 0 Å². The summed E-state index contributed by atoms with van der Waals surface area (Å²) in [5, 5.41) is 12.1. The molecular formula is C15H15ClFNO3. The fraction of sp³-hybridized carbons (Fsp3) is 0.467. The molecule has 2 aliphatic carbocycles. The molecule has 0 spiro atoms. The largest absolute Gasteiger partial charge is 0.481 e. The van der Waals surface area contributed by atoms with Gasteiger partial charge in [0, 0.05) is 5.02 Å². The van der Waals surface area contributed by atoms with Crippen LogP contribution in [0.4, 0.5) is 10.1 Å². The smallest absolute Gasteiger partial charge is 0.307 e. The van der Waals surface area contributed by atoms with E-state index in [0.29, 0.717) is 0 Å². The predicted molar refractivity (Wildman–Crippen MR) is 75.5 cm³/mol. The Morgan fingerprint density at radius 1 is 1.24 bits per heavy atom. The zero-order valence-electron chi connectivity index (χ0n) is 11.2. The molecule has 0 heterocycles. The van der Waals surface area contributed by atoms with Crippen molar-refractivity contribution in [2.75, 3.05) is 5.32 Å². The minimum Gasteiger partial charge on any atom is -0.481 e. The maximum Gasteiger partial charge on any atom is 0.307 e. The molecule has 0 aromatic heterocycles. The Labute approximate surface area is 126 Å². The molecular weight excluding hydrogens is 297 g/mol. The molecule has 0 saturated heterocycles. The third-order valence-corrected chi connectivity index (χ3v) is 4.93. The minimum absolute atomic E-state index is 0.0383. The molecule has 2 aliphatic rings. The lowest BCUT2D eigenvalue weighted by Crippen LogP contribution is -2.38. The first-order chi connectivity index (χ1) is 9.97. The van der Waals surface area contributed by atoms with Crippen molar-refractivity contribution < 1.29 is 19.1 Å². The quantitative estimate of drug-likeness (QED) is 0.901. The molecule has 0 aliphatic heterocycles. The number of carbonyl (C=O) groups is 2. The summed E-state index contributed by atoms with van der Waals surface area (Å²) in [6.45, 7) is 0. The molecule has 2 N–H and O–H groups in total.